The number of benzene rings is 1. The number of nitrogens with one attached hydrogen (secondary N) is 2. The predicted molar refractivity (Wildman–Crippen MR) is 115 cm³/mol. The lowest BCUT2D eigenvalue weighted by Gasteiger charge is -2.02. The summed E-state index contributed by atoms with van der Waals surface area (Å²) in [6, 6.07) is 12.3. The third-order valence-corrected chi connectivity index (χ3v) is 5.22. The van der Waals surface area contributed by atoms with Crippen LogP contribution in [0.15, 0.2) is 73.4 Å². The standard InChI is InChI=1S/C23H14FN7/c24-14-3-1-13(2-4-14)15-5-6-27-23-16(15)9-19(29-23)22-17-10-18(21-11-25-7-8-26-21)28-12-20(17)30-31-22/h1-12H,(H,27,29)(H,30,31). The van der Waals surface area contributed by atoms with Gasteiger partial charge in [0.25, 0.3) is 0 Å². The van der Waals surface area contributed by atoms with Crippen LogP contribution in [0.25, 0.3) is 55.8 Å². The van der Waals surface area contributed by atoms with E-state index in [1.807, 2.05) is 18.2 Å². The minimum Gasteiger partial charge on any atom is -0.338 e. The van der Waals surface area contributed by atoms with Crippen LogP contribution in [0.1, 0.15) is 0 Å². The Morgan fingerprint density at radius 2 is 1.68 bits per heavy atom. The van der Waals surface area contributed by atoms with Gasteiger partial charge in [-0.3, -0.25) is 20.1 Å². The van der Waals surface area contributed by atoms with Crippen LogP contribution >= 0.6 is 0 Å². The van der Waals surface area contributed by atoms with E-state index in [2.05, 4.69) is 35.1 Å². The molecule has 0 bridgehead atoms. The molecule has 6 aromatic rings. The van der Waals surface area contributed by atoms with Crippen LogP contribution in [0.4, 0.5) is 4.39 Å². The SMILES string of the molecule is Fc1ccc(-c2ccnc3[nH]c(-c4n[nH]c5cnc(-c6cnccn6)cc45)cc23)cc1. The van der Waals surface area contributed by atoms with E-state index in [0.29, 0.717) is 11.4 Å². The van der Waals surface area contributed by atoms with Crippen LogP contribution in [-0.2, 0) is 0 Å². The summed E-state index contributed by atoms with van der Waals surface area (Å²) in [4.78, 5) is 20.7. The number of aromatic amines is 2. The molecule has 0 radical (unpaired) electrons. The average molecular weight is 407 g/mol. The Labute approximate surface area is 175 Å². The molecular weight excluding hydrogens is 393 g/mol. The molecule has 0 fully saturated rings. The van der Waals surface area contributed by atoms with E-state index in [4.69, 9.17) is 0 Å². The van der Waals surface area contributed by atoms with Crippen LogP contribution < -0.4 is 0 Å². The summed E-state index contributed by atoms with van der Waals surface area (Å²) in [7, 11) is 0. The zero-order valence-corrected chi connectivity index (χ0v) is 16.0. The van der Waals surface area contributed by atoms with Crippen LogP contribution in [0.5, 0.6) is 0 Å². The summed E-state index contributed by atoms with van der Waals surface area (Å²) >= 11 is 0. The number of H-pyrrole nitrogens is 2. The Hall–Kier alpha value is -4.46. The zero-order chi connectivity index (χ0) is 20.8. The zero-order valence-electron chi connectivity index (χ0n) is 16.0. The molecule has 0 spiro atoms. The van der Waals surface area contributed by atoms with Crippen LogP contribution in [-0.4, -0.2) is 35.1 Å². The highest BCUT2D eigenvalue weighted by Crippen LogP contribution is 2.33. The van der Waals surface area contributed by atoms with Gasteiger partial charge in [0, 0.05) is 29.4 Å². The van der Waals surface area contributed by atoms with Crippen LogP contribution in [0.2, 0.25) is 0 Å². The first-order valence-corrected chi connectivity index (χ1v) is 9.61. The molecule has 0 aliphatic heterocycles. The second-order valence-electron chi connectivity index (χ2n) is 7.09. The Kier molecular flexibility index (Phi) is 3.82. The lowest BCUT2D eigenvalue weighted by atomic mass is 10.0. The number of aromatic nitrogens is 7. The van der Waals surface area contributed by atoms with Gasteiger partial charge in [-0.1, -0.05) is 12.1 Å². The molecule has 6 rings (SSSR count). The molecule has 2 N–H and O–H groups in total. The number of hydrogen-bond donors (Lipinski definition) is 2. The third kappa shape index (κ3) is 2.93. The van der Waals surface area contributed by atoms with Crippen molar-refractivity contribution in [2.45, 2.75) is 0 Å². The average Bonchev–Trinajstić information content (AvgIpc) is 3.43. The first-order chi connectivity index (χ1) is 15.3. The van der Waals surface area contributed by atoms with Gasteiger partial charge in [0.2, 0.25) is 0 Å². The molecule has 1 aromatic carbocycles. The molecule has 0 amide bonds. The van der Waals surface area contributed by atoms with E-state index in [0.717, 1.165) is 44.5 Å². The number of rotatable bonds is 3. The third-order valence-electron chi connectivity index (χ3n) is 5.22. The van der Waals surface area contributed by atoms with Crippen LogP contribution in [0.3, 0.4) is 0 Å². The Morgan fingerprint density at radius 1 is 0.774 bits per heavy atom. The quantitative estimate of drug-likeness (QED) is 0.441. The van der Waals surface area contributed by atoms with E-state index in [9.17, 15) is 4.39 Å². The van der Waals surface area contributed by atoms with Crippen molar-refractivity contribution < 1.29 is 4.39 Å². The van der Waals surface area contributed by atoms with E-state index in [-0.39, 0.29) is 5.82 Å². The topological polar surface area (TPSA) is 96.0 Å². The second-order valence-corrected chi connectivity index (χ2v) is 7.09. The fraction of sp³-hybridized carbons (Fsp3) is 0. The maximum absolute atomic E-state index is 13.4. The number of halogens is 1. The number of hydrogen-bond acceptors (Lipinski definition) is 5. The summed E-state index contributed by atoms with van der Waals surface area (Å²) in [6.07, 6.45) is 8.41. The second kappa shape index (κ2) is 6.81. The van der Waals surface area contributed by atoms with Crippen molar-refractivity contribution in [3.63, 3.8) is 0 Å². The largest absolute Gasteiger partial charge is 0.338 e. The van der Waals surface area contributed by atoms with E-state index < -0.39 is 0 Å². The van der Waals surface area contributed by atoms with Gasteiger partial charge in [0.1, 0.15) is 22.9 Å². The lowest BCUT2D eigenvalue weighted by molar-refractivity contribution is 0.628. The summed E-state index contributed by atoms with van der Waals surface area (Å²) in [5.41, 5.74) is 6.40. The normalized spacial score (nSPS) is 11.4. The molecule has 0 saturated carbocycles. The molecule has 0 saturated heterocycles. The minimum absolute atomic E-state index is 0.265. The van der Waals surface area contributed by atoms with E-state index >= 15 is 0 Å². The molecule has 0 aliphatic rings. The van der Waals surface area contributed by atoms with Gasteiger partial charge in [0.15, 0.2) is 0 Å². The van der Waals surface area contributed by atoms with Gasteiger partial charge in [-0.25, -0.2) is 9.37 Å². The molecule has 5 aromatic heterocycles. The van der Waals surface area contributed by atoms with Crippen molar-refractivity contribution in [2.75, 3.05) is 0 Å². The summed E-state index contributed by atoms with van der Waals surface area (Å²) in [5.74, 6) is -0.265. The van der Waals surface area contributed by atoms with Crippen molar-refractivity contribution in [2.24, 2.45) is 0 Å². The van der Waals surface area contributed by atoms with Crippen molar-refractivity contribution in [3.05, 3.63) is 79.3 Å². The monoisotopic (exact) mass is 407 g/mol. The minimum atomic E-state index is -0.265. The predicted octanol–water partition coefficient (Wildman–Crippen LogP) is 4.76. The number of nitrogens with zero attached hydrogens (tertiary/aromatic N) is 5. The Morgan fingerprint density at radius 3 is 2.52 bits per heavy atom. The summed E-state index contributed by atoms with van der Waals surface area (Å²) in [6.45, 7) is 0. The first-order valence-electron chi connectivity index (χ1n) is 9.61. The molecule has 5 heterocycles. The smallest absolute Gasteiger partial charge is 0.138 e. The van der Waals surface area contributed by atoms with Gasteiger partial charge in [-0.15, -0.1) is 0 Å². The molecule has 148 valence electrons. The van der Waals surface area contributed by atoms with Crippen molar-refractivity contribution in [1.29, 1.82) is 0 Å². The number of fused-ring (bicyclic) bond motifs is 2. The van der Waals surface area contributed by atoms with E-state index in [1.165, 1.54) is 12.1 Å². The molecular formula is C23H14FN7. The fourth-order valence-corrected chi connectivity index (χ4v) is 3.73. The maximum atomic E-state index is 13.4. The lowest BCUT2D eigenvalue weighted by Crippen LogP contribution is -1.88. The molecule has 0 unspecified atom stereocenters. The van der Waals surface area contributed by atoms with Crippen LogP contribution in [0, 0.1) is 5.82 Å². The highest BCUT2D eigenvalue weighted by Gasteiger charge is 2.15. The highest BCUT2D eigenvalue weighted by molar-refractivity contribution is 6.00. The first kappa shape index (κ1) is 17.4. The van der Waals surface area contributed by atoms with Crippen molar-refractivity contribution >= 4 is 21.9 Å². The van der Waals surface area contributed by atoms with Gasteiger partial charge in [0.05, 0.1) is 29.3 Å². The Bertz CT molecular complexity index is 1540. The highest BCUT2D eigenvalue weighted by atomic mass is 19.1. The molecule has 0 aliphatic carbocycles. The van der Waals surface area contributed by atoms with Gasteiger partial charge >= 0.3 is 0 Å². The van der Waals surface area contributed by atoms with E-state index in [1.54, 1.807) is 43.1 Å². The van der Waals surface area contributed by atoms with Gasteiger partial charge in [-0.05, 0) is 41.5 Å². The molecule has 8 heteroatoms. The molecule has 0 atom stereocenters. The summed E-state index contributed by atoms with van der Waals surface area (Å²) in [5, 5.41) is 9.37. The summed E-state index contributed by atoms with van der Waals surface area (Å²) < 4.78 is 13.4. The van der Waals surface area contributed by atoms with Crippen molar-refractivity contribution in [3.8, 4) is 33.9 Å². The maximum Gasteiger partial charge on any atom is 0.138 e. The van der Waals surface area contributed by atoms with Gasteiger partial charge in [-0.2, -0.15) is 5.10 Å². The van der Waals surface area contributed by atoms with Crippen molar-refractivity contribution in [1.82, 2.24) is 35.1 Å². The fourth-order valence-electron chi connectivity index (χ4n) is 3.73. The van der Waals surface area contributed by atoms with Gasteiger partial charge < -0.3 is 4.98 Å². The molecule has 31 heavy (non-hydrogen) atoms. The molecule has 7 nitrogen and oxygen atoms in total. The Balaban J connectivity index is 1.51. The number of pyridine rings is 2.